The summed E-state index contributed by atoms with van der Waals surface area (Å²) in [6.45, 7) is 9.20. The van der Waals surface area contributed by atoms with Crippen LogP contribution in [0.15, 0.2) is 10.9 Å². The molecule has 1 saturated carbocycles. The van der Waals surface area contributed by atoms with E-state index in [1.165, 1.54) is 10.6 Å². The molecule has 2 amide bonds. The maximum Gasteiger partial charge on any atom is 0.291 e. The predicted octanol–water partition coefficient (Wildman–Crippen LogP) is 0.641. The monoisotopic (exact) mass is 419 g/mol. The fourth-order valence-electron chi connectivity index (χ4n) is 2.97. The van der Waals surface area contributed by atoms with Crippen LogP contribution in [0.1, 0.15) is 68.3 Å². The van der Waals surface area contributed by atoms with Crippen LogP contribution in [0.25, 0.3) is 5.65 Å². The maximum atomic E-state index is 13.0. The van der Waals surface area contributed by atoms with Crippen molar-refractivity contribution in [1.29, 1.82) is 0 Å². The Balaban J connectivity index is 2.11. The lowest BCUT2D eigenvalue weighted by atomic mass is 9.96. The van der Waals surface area contributed by atoms with Crippen LogP contribution in [0.3, 0.4) is 0 Å². The Hall–Kier alpha value is -2.88. The molecule has 2 aromatic heterocycles. The van der Waals surface area contributed by atoms with Gasteiger partial charge in [0.1, 0.15) is 5.65 Å². The van der Waals surface area contributed by atoms with E-state index < -0.39 is 34.4 Å². The molecule has 2 heterocycles. The number of nitrogens with one attached hydrogen (secondary N) is 2. The standard InChI is InChI=1S/C20H29N5O5/c1-19(2,3)10-24-13-8-12(15(26)21-9-20(4,5)30)23-25(13)18(29)14(17(24)28)16(27)22-11-6-7-11/h8,11,28,30H,6-7,9-10H2,1-5H3,(H,21,26)(H,22,27). The molecule has 3 rings (SSSR count). The third kappa shape index (κ3) is 4.81. The topological polar surface area (TPSA) is 138 Å². The van der Waals surface area contributed by atoms with Gasteiger partial charge in [-0.25, -0.2) is 0 Å². The number of amides is 2. The fourth-order valence-corrected chi connectivity index (χ4v) is 2.97. The van der Waals surface area contributed by atoms with Crippen molar-refractivity contribution in [3.8, 4) is 5.88 Å². The van der Waals surface area contributed by atoms with Gasteiger partial charge in [0.25, 0.3) is 17.4 Å². The van der Waals surface area contributed by atoms with Gasteiger partial charge in [0.2, 0.25) is 5.88 Å². The highest BCUT2D eigenvalue weighted by Crippen LogP contribution is 2.26. The number of aliphatic hydroxyl groups is 1. The van der Waals surface area contributed by atoms with Gasteiger partial charge in [0, 0.05) is 25.2 Å². The third-order valence-corrected chi connectivity index (χ3v) is 4.54. The van der Waals surface area contributed by atoms with Gasteiger partial charge in [0.15, 0.2) is 11.3 Å². The molecule has 0 bridgehead atoms. The molecule has 164 valence electrons. The normalized spacial score (nSPS) is 14.7. The van der Waals surface area contributed by atoms with Crippen LogP contribution < -0.4 is 16.2 Å². The van der Waals surface area contributed by atoms with Crippen LogP contribution >= 0.6 is 0 Å². The lowest BCUT2D eigenvalue weighted by molar-refractivity contribution is 0.0691. The van der Waals surface area contributed by atoms with E-state index in [1.54, 1.807) is 13.8 Å². The number of fused-ring (bicyclic) bond motifs is 1. The summed E-state index contributed by atoms with van der Waals surface area (Å²) in [4.78, 5) is 38.1. The number of nitrogens with zero attached hydrogens (tertiary/aromatic N) is 3. The smallest absolute Gasteiger partial charge is 0.291 e. The second kappa shape index (κ2) is 7.42. The molecule has 1 aliphatic carbocycles. The number of aromatic hydroxyl groups is 1. The Kier molecular flexibility index (Phi) is 5.40. The van der Waals surface area contributed by atoms with Crippen molar-refractivity contribution in [1.82, 2.24) is 24.8 Å². The largest absolute Gasteiger partial charge is 0.494 e. The zero-order chi connectivity index (χ0) is 22.4. The van der Waals surface area contributed by atoms with Gasteiger partial charge >= 0.3 is 0 Å². The van der Waals surface area contributed by atoms with Crippen LogP contribution in [0.5, 0.6) is 5.88 Å². The molecule has 1 fully saturated rings. The first-order valence-corrected chi connectivity index (χ1v) is 9.94. The minimum Gasteiger partial charge on any atom is -0.494 e. The van der Waals surface area contributed by atoms with Crippen molar-refractivity contribution >= 4 is 17.5 Å². The van der Waals surface area contributed by atoms with E-state index in [9.17, 15) is 24.6 Å². The highest BCUT2D eigenvalue weighted by Gasteiger charge is 2.30. The molecule has 1 aliphatic rings. The summed E-state index contributed by atoms with van der Waals surface area (Å²) in [5.41, 5.74) is -2.47. The average Bonchev–Trinajstić information content (AvgIpc) is 3.29. The minimum absolute atomic E-state index is 0.00357. The summed E-state index contributed by atoms with van der Waals surface area (Å²) in [5.74, 6) is -1.69. The second-order valence-electron chi connectivity index (χ2n) is 9.69. The fraction of sp³-hybridized carbons (Fsp3) is 0.600. The molecule has 0 atom stereocenters. The summed E-state index contributed by atoms with van der Waals surface area (Å²) in [6, 6.07) is 1.39. The summed E-state index contributed by atoms with van der Waals surface area (Å²) in [6.07, 6.45) is 1.66. The lowest BCUT2D eigenvalue weighted by Gasteiger charge is -2.23. The quantitative estimate of drug-likeness (QED) is 0.542. The highest BCUT2D eigenvalue weighted by atomic mass is 16.3. The summed E-state index contributed by atoms with van der Waals surface area (Å²) < 4.78 is 2.38. The van der Waals surface area contributed by atoms with E-state index in [1.807, 2.05) is 20.8 Å². The number of carbonyl (C=O) groups is 2. The van der Waals surface area contributed by atoms with E-state index >= 15 is 0 Å². The van der Waals surface area contributed by atoms with Gasteiger partial charge in [-0.2, -0.15) is 9.61 Å². The Morgan fingerprint density at radius 1 is 1.20 bits per heavy atom. The van der Waals surface area contributed by atoms with Gasteiger partial charge in [0.05, 0.1) is 5.60 Å². The van der Waals surface area contributed by atoms with Gasteiger partial charge in [-0.15, -0.1) is 0 Å². The van der Waals surface area contributed by atoms with E-state index in [0.717, 1.165) is 17.4 Å². The van der Waals surface area contributed by atoms with Crippen molar-refractivity contribution in [2.24, 2.45) is 5.41 Å². The SMILES string of the molecule is CC(C)(C)Cn1c(O)c(C(=O)NC2CC2)c(=O)n2nc(C(=O)NCC(C)(C)O)cc12. The number of rotatable bonds is 6. The van der Waals surface area contributed by atoms with Crippen LogP contribution in [0.2, 0.25) is 0 Å². The molecule has 0 radical (unpaired) electrons. The van der Waals surface area contributed by atoms with E-state index in [2.05, 4.69) is 15.7 Å². The Morgan fingerprint density at radius 3 is 2.37 bits per heavy atom. The Bertz CT molecular complexity index is 1050. The molecule has 2 aromatic rings. The van der Waals surface area contributed by atoms with E-state index in [-0.39, 0.29) is 35.9 Å². The zero-order valence-electron chi connectivity index (χ0n) is 17.9. The third-order valence-electron chi connectivity index (χ3n) is 4.54. The van der Waals surface area contributed by atoms with Crippen LogP contribution in [-0.4, -0.2) is 54.4 Å². The molecule has 0 aliphatic heterocycles. The molecule has 4 N–H and O–H groups in total. The summed E-state index contributed by atoms with van der Waals surface area (Å²) >= 11 is 0. The van der Waals surface area contributed by atoms with Crippen molar-refractivity contribution in [2.75, 3.05) is 6.54 Å². The van der Waals surface area contributed by atoms with Crippen molar-refractivity contribution in [2.45, 2.75) is 65.6 Å². The number of aromatic nitrogens is 3. The molecule has 30 heavy (non-hydrogen) atoms. The molecule has 10 heteroatoms. The first kappa shape index (κ1) is 21.8. The van der Waals surface area contributed by atoms with Gasteiger partial charge in [-0.3, -0.25) is 19.0 Å². The maximum absolute atomic E-state index is 13.0. The molecule has 0 saturated heterocycles. The van der Waals surface area contributed by atoms with Crippen molar-refractivity contribution in [3.05, 3.63) is 27.7 Å². The minimum atomic E-state index is -1.11. The average molecular weight is 419 g/mol. The van der Waals surface area contributed by atoms with E-state index in [0.29, 0.717) is 0 Å². The van der Waals surface area contributed by atoms with Gasteiger partial charge < -0.3 is 20.8 Å². The van der Waals surface area contributed by atoms with Crippen molar-refractivity contribution < 1.29 is 19.8 Å². The van der Waals surface area contributed by atoms with E-state index in [4.69, 9.17) is 0 Å². The van der Waals surface area contributed by atoms with Gasteiger partial charge in [-0.1, -0.05) is 20.8 Å². The second-order valence-corrected chi connectivity index (χ2v) is 9.69. The number of hydrogen-bond donors (Lipinski definition) is 4. The molecule has 10 nitrogen and oxygen atoms in total. The van der Waals surface area contributed by atoms with Crippen LogP contribution in [-0.2, 0) is 6.54 Å². The van der Waals surface area contributed by atoms with Crippen LogP contribution in [0.4, 0.5) is 0 Å². The molecular weight excluding hydrogens is 390 g/mol. The molecule has 0 unspecified atom stereocenters. The molecular formula is C20H29N5O5. The predicted molar refractivity (Wildman–Crippen MR) is 110 cm³/mol. The first-order valence-electron chi connectivity index (χ1n) is 9.94. The Labute approximate surface area is 173 Å². The number of carbonyl (C=O) groups excluding carboxylic acids is 2. The summed E-state index contributed by atoms with van der Waals surface area (Å²) in [5, 5.41) is 30.0. The summed E-state index contributed by atoms with van der Waals surface area (Å²) in [7, 11) is 0. The number of hydrogen-bond acceptors (Lipinski definition) is 6. The van der Waals surface area contributed by atoms with Crippen LogP contribution in [0, 0.1) is 5.41 Å². The van der Waals surface area contributed by atoms with Gasteiger partial charge in [-0.05, 0) is 32.1 Å². The lowest BCUT2D eigenvalue weighted by Crippen LogP contribution is -2.38. The first-order chi connectivity index (χ1) is 13.8. The van der Waals surface area contributed by atoms with Crippen molar-refractivity contribution in [3.63, 3.8) is 0 Å². The Morgan fingerprint density at radius 2 is 1.83 bits per heavy atom. The highest BCUT2D eigenvalue weighted by molar-refractivity contribution is 5.97. The zero-order valence-corrected chi connectivity index (χ0v) is 17.9. The molecule has 0 aromatic carbocycles. The molecule has 0 spiro atoms.